The zero-order valence-electron chi connectivity index (χ0n) is 11.7. The number of hydrogen-bond acceptors (Lipinski definition) is 3. The third-order valence-electron chi connectivity index (χ3n) is 3.90. The number of nitriles is 1. The monoisotopic (exact) mass is 282 g/mol. The molecular formula is C17H15FN2O. The smallest absolute Gasteiger partial charge is 0.143 e. The summed E-state index contributed by atoms with van der Waals surface area (Å²) >= 11 is 0. The van der Waals surface area contributed by atoms with Crippen LogP contribution in [0.3, 0.4) is 0 Å². The molecule has 2 aromatic rings. The maximum absolute atomic E-state index is 13.8. The first-order chi connectivity index (χ1) is 10.2. The van der Waals surface area contributed by atoms with Gasteiger partial charge in [-0.05, 0) is 42.2 Å². The highest BCUT2D eigenvalue weighted by Crippen LogP contribution is 2.38. The van der Waals surface area contributed by atoms with Crippen LogP contribution >= 0.6 is 0 Å². The van der Waals surface area contributed by atoms with Crippen molar-refractivity contribution in [3.8, 4) is 11.8 Å². The van der Waals surface area contributed by atoms with E-state index in [1.165, 1.54) is 6.07 Å². The molecule has 0 aliphatic heterocycles. The van der Waals surface area contributed by atoms with Crippen LogP contribution in [0.4, 0.5) is 10.1 Å². The number of ether oxygens (including phenoxy) is 1. The third-order valence-corrected chi connectivity index (χ3v) is 3.90. The molecule has 0 saturated carbocycles. The fraction of sp³-hybridized carbons (Fsp3) is 0.235. The molecule has 0 fully saturated rings. The summed E-state index contributed by atoms with van der Waals surface area (Å²) in [4.78, 5) is 0. The molecule has 1 atom stereocenters. The van der Waals surface area contributed by atoms with Gasteiger partial charge in [0.1, 0.15) is 17.6 Å². The lowest BCUT2D eigenvalue weighted by Crippen LogP contribution is -2.09. The number of para-hydroxylation sites is 1. The van der Waals surface area contributed by atoms with Crippen LogP contribution in [0, 0.1) is 17.1 Å². The lowest BCUT2D eigenvalue weighted by molar-refractivity contribution is 0.416. The zero-order valence-corrected chi connectivity index (χ0v) is 11.7. The minimum absolute atomic E-state index is 0.000833. The third kappa shape index (κ3) is 2.31. The van der Waals surface area contributed by atoms with Crippen molar-refractivity contribution in [3.63, 3.8) is 0 Å². The number of halogens is 1. The molecule has 1 unspecified atom stereocenters. The quantitative estimate of drug-likeness (QED) is 0.931. The molecule has 106 valence electrons. The van der Waals surface area contributed by atoms with Crippen molar-refractivity contribution in [2.24, 2.45) is 0 Å². The molecule has 0 saturated heterocycles. The second-order valence-electron chi connectivity index (χ2n) is 5.04. The fourth-order valence-corrected chi connectivity index (χ4v) is 2.88. The van der Waals surface area contributed by atoms with Crippen molar-refractivity contribution in [2.45, 2.75) is 18.9 Å². The standard InChI is InChI=1S/C17H15FN2O/c1-21-16-7-2-4-11(10-19)17(16)20-15-9-8-12-13(15)5-3-6-14(12)18/h2-7,15,20H,8-9H2,1H3. The molecule has 3 nitrogen and oxygen atoms in total. The largest absolute Gasteiger partial charge is 0.495 e. The van der Waals surface area contributed by atoms with E-state index in [1.807, 2.05) is 12.1 Å². The summed E-state index contributed by atoms with van der Waals surface area (Å²) in [6.45, 7) is 0. The van der Waals surface area contributed by atoms with E-state index in [9.17, 15) is 9.65 Å². The van der Waals surface area contributed by atoms with Gasteiger partial charge in [-0.25, -0.2) is 4.39 Å². The average Bonchev–Trinajstić information content (AvgIpc) is 2.92. The Morgan fingerprint density at radius 1 is 1.29 bits per heavy atom. The predicted octanol–water partition coefficient (Wildman–Crippen LogP) is 3.81. The van der Waals surface area contributed by atoms with Gasteiger partial charge < -0.3 is 10.1 Å². The Kier molecular flexibility index (Phi) is 3.49. The van der Waals surface area contributed by atoms with E-state index in [0.29, 0.717) is 23.4 Å². The number of hydrogen-bond donors (Lipinski definition) is 1. The summed E-state index contributed by atoms with van der Waals surface area (Å²) in [6.07, 6.45) is 1.51. The Balaban J connectivity index is 1.97. The molecule has 0 amide bonds. The molecule has 2 aromatic carbocycles. The predicted molar refractivity (Wildman–Crippen MR) is 78.8 cm³/mol. The van der Waals surface area contributed by atoms with Gasteiger partial charge in [-0.3, -0.25) is 0 Å². The molecule has 0 bridgehead atoms. The molecule has 4 heteroatoms. The number of benzene rings is 2. The van der Waals surface area contributed by atoms with Gasteiger partial charge in [0.15, 0.2) is 0 Å². The van der Waals surface area contributed by atoms with Crippen LogP contribution in [-0.4, -0.2) is 7.11 Å². The van der Waals surface area contributed by atoms with Crippen LogP contribution in [0.25, 0.3) is 0 Å². The number of fused-ring (bicyclic) bond motifs is 1. The van der Waals surface area contributed by atoms with E-state index in [1.54, 1.807) is 25.3 Å². The Morgan fingerprint density at radius 3 is 2.86 bits per heavy atom. The maximum Gasteiger partial charge on any atom is 0.143 e. The minimum Gasteiger partial charge on any atom is -0.495 e. The summed E-state index contributed by atoms with van der Waals surface area (Å²) in [6, 6.07) is 12.6. The molecule has 1 aliphatic carbocycles. The first kappa shape index (κ1) is 13.4. The van der Waals surface area contributed by atoms with Crippen LogP contribution in [0.15, 0.2) is 36.4 Å². The van der Waals surface area contributed by atoms with Crippen LogP contribution in [0.2, 0.25) is 0 Å². The summed E-state index contributed by atoms with van der Waals surface area (Å²) in [5, 5.41) is 12.6. The summed E-state index contributed by atoms with van der Waals surface area (Å²) in [5.41, 5.74) is 2.93. The first-order valence-corrected chi connectivity index (χ1v) is 6.85. The van der Waals surface area contributed by atoms with Gasteiger partial charge in [0.25, 0.3) is 0 Å². The van der Waals surface area contributed by atoms with E-state index >= 15 is 0 Å². The molecule has 1 aliphatic rings. The van der Waals surface area contributed by atoms with Crippen molar-refractivity contribution in [1.82, 2.24) is 0 Å². The number of methoxy groups -OCH3 is 1. The minimum atomic E-state index is -0.155. The molecule has 1 N–H and O–H groups in total. The van der Waals surface area contributed by atoms with Gasteiger partial charge in [-0.1, -0.05) is 18.2 Å². The topological polar surface area (TPSA) is 45.0 Å². The summed E-state index contributed by atoms with van der Waals surface area (Å²) < 4.78 is 19.1. The van der Waals surface area contributed by atoms with Gasteiger partial charge in [0.05, 0.1) is 24.4 Å². The molecule has 3 rings (SSSR count). The highest BCUT2D eigenvalue weighted by atomic mass is 19.1. The Bertz CT molecular complexity index is 721. The number of rotatable bonds is 3. The van der Waals surface area contributed by atoms with Gasteiger partial charge in [-0.2, -0.15) is 5.26 Å². The van der Waals surface area contributed by atoms with Gasteiger partial charge in [0.2, 0.25) is 0 Å². The lowest BCUT2D eigenvalue weighted by Gasteiger charge is -2.19. The van der Waals surface area contributed by atoms with Crippen LogP contribution in [0.1, 0.15) is 29.2 Å². The van der Waals surface area contributed by atoms with E-state index in [0.717, 1.165) is 17.5 Å². The number of anilines is 1. The second-order valence-corrected chi connectivity index (χ2v) is 5.04. The van der Waals surface area contributed by atoms with Gasteiger partial charge in [-0.15, -0.1) is 0 Å². The summed E-state index contributed by atoms with van der Waals surface area (Å²) in [7, 11) is 1.57. The fourth-order valence-electron chi connectivity index (χ4n) is 2.88. The SMILES string of the molecule is COc1cccc(C#N)c1NC1CCc2c(F)cccc21. The number of nitrogens with zero attached hydrogens (tertiary/aromatic N) is 1. The van der Waals surface area contributed by atoms with Crippen molar-refractivity contribution in [3.05, 3.63) is 58.9 Å². The highest BCUT2D eigenvalue weighted by molar-refractivity contribution is 5.67. The van der Waals surface area contributed by atoms with Crippen molar-refractivity contribution in [1.29, 1.82) is 5.26 Å². The molecule has 0 heterocycles. The lowest BCUT2D eigenvalue weighted by atomic mass is 10.1. The average molecular weight is 282 g/mol. The number of nitrogens with one attached hydrogen (secondary N) is 1. The van der Waals surface area contributed by atoms with Crippen molar-refractivity contribution >= 4 is 5.69 Å². The molecule has 21 heavy (non-hydrogen) atoms. The zero-order chi connectivity index (χ0) is 14.8. The Labute approximate surface area is 123 Å². The molecule has 0 spiro atoms. The molecule has 0 aromatic heterocycles. The molecule has 0 radical (unpaired) electrons. The van der Waals surface area contributed by atoms with Gasteiger partial charge in [0, 0.05) is 0 Å². The normalized spacial score (nSPS) is 16.1. The maximum atomic E-state index is 13.8. The Morgan fingerprint density at radius 2 is 2.10 bits per heavy atom. The van der Waals surface area contributed by atoms with E-state index in [4.69, 9.17) is 4.74 Å². The highest BCUT2D eigenvalue weighted by Gasteiger charge is 2.26. The first-order valence-electron chi connectivity index (χ1n) is 6.85. The van der Waals surface area contributed by atoms with Crippen molar-refractivity contribution in [2.75, 3.05) is 12.4 Å². The van der Waals surface area contributed by atoms with Crippen molar-refractivity contribution < 1.29 is 9.13 Å². The van der Waals surface area contributed by atoms with Crippen LogP contribution < -0.4 is 10.1 Å². The van der Waals surface area contributed by atoms with E-state index in [2.05, 4.69) is 11.4 Å². The van der Waals surface area contributed by atoms with Crippen LogP contribution in [-0.2, 0) is 6.42 Å². The van der Waals surface area contributed by atoms with E-state index in [-0.39, 0.29) is 11.9 Å². The van der Waals surface area contributed by atoms with Gasteiger partial charge >= 0.3 is 0 Å². The second kappa shape index (κ2) is 5.45. The molecular weight excluding hydrogens is 267 g/mol. The van der Waals surface area contributed by atoms with E-state index < -0.39 is 0 Å². The van der Waals surface area contributed by atoms with Crippen LogP contribution in [0.5, 0.6) is 5.75 Å². The summed E-state index contributed by atoms with van der Waals surface area (Å²) in [5.74, 6) is 0.469. The Hall–Kier alpha value is -2.54.